The number of nitrogens with one attached hydrogen (secondary N) is 4. The average Bonchev–Trinajstić information content (AvgIpc) is 2.80. The molecule has 0 aliphatic carbocycles. The van der Waals surface area contributed by atoms with E-state index in [4.69, 9.17) is 4.74 Å². The summed E-state index contributed by atoms with van der Waals surface area (Å²) < 4.78 is 5.17. The first kappa shape index (κ1) is 28.8. The predicted molar refractivity (Wildman–Crippen MR) is 131 cm³/mol. The molecular formula is C25H36N4O7. The van der Waals surface area contributed by atoms with Gasteiger partial charge in [0.05, 0.1) is 6.61 Å². The van der Waals surface area contributed by atoms with Crippen LogP contribution < -0.4 is 21.3 Å². The molecule has 5 amide bonds. The Morgan fingerprint density at radius 1 is 1.03 bits per heavy atom. The van der Waals surface area contributed by atoms with Crippen LogP contribution in [0.1, 0.15) is 85.6 Å². The Bertz CT molecular complexity index is 972. The van der Waals surface area contributed by atoms with Crippen molar-refractivity contribution < 1.29 is 33.8 Å². The van der Waals surface area contributed by atoms with E-state index in [9.17, 15) is 29.1 Å². The molecular weight excluding hydrogens is 468 g/mol. The minimum Gasteiger partial charge on any atom is -0.444 e. The fourth-order valence-electron chi connectivity index (χ4n) is 3.57. The van der Waals surface area contributed by atoms with Crippen molar-refractivity contribution in [1.29, 1.82) is 0 Å². The molecule has 11 heteroatoms. The molecule has 0 saturated carbocycles. The maximum absolute atomic E-state index is 12.6. The van der Waals surface area contributed by atoms with Crippen molar-refractivity contribution in [1.82, 2.24) is 21.3 Å². The Labute approximate surface area is 210 Å². The summed E-state index contributed by atoms with van der Waals surface area (Å²) in [4.78, 5) is 59.8. The molecule has 1 aromatic carbocycles. The number of hydrogen-bond donors (Lipinski definition) is 5. The monoisotopic (exact) mass is 504 g/mol. The van der Waals surface area contributed by atoms with Gasteiger partial charge in [-0.1, -0.05) is 12.8 Å². The third kappa shape index (κ3) is 9.65. The van der Waals surface area contributed by atoms with Crippen molar-refractivity contribution in [2.75, 3.05) is 13.1 Å². The quantitative estimate of drug-likeness (QED) is 0.225. The average molecular weight is 505 g/mol. The Hall–Kier alpha value is -3.47. The lowest BCUT2D eigenvalue weighted by Gasteiger charge is -2.22. The molecule has 1 saturated heterocycles. The molecule has 2 rings (SSSR count). The van der Waals surface area contributed by atoms with Crippen LogP contribution in [0.15, 0.2) is 18.2 Å². The third-order valence-corrected chi connectivity index (χ3v) is 5.38. The number of alkyl carbamates (subject to hydrolysis) is 1. The van der Waals surface area contributed by atoms with Gasteiger partial charge in [-0.2, -0.15) is 0 Å². The second-order valence-corrected chi connectivity index (χ2v) is 9.61. The Balaban J connectivity index is 1.73. The van der Waals surface area contributed by atoms with E-state index in [0.29, 0.717) is 18.7 Å². The molecule has 1 fully saturated rings. The van der Waals surface area contributed by atoms with E-state index >= 15 is 0 Å². The van der Waals surface area contributed by atoms with Crippen molar-refractivity contribution in [2.24, 2.45) is 0 Å². The number of carbonyl (C=O) groups excluding carboxylic acids is 5. The highest BCUT2D eigenvalue weighted by Gasteiger charge is 2.28. The molecule has 0 bridgehead atoms. The zero-order valence-corrected chi connectivity index (χ0v) is 21.1. The van der Waals surface area contributed by atoms with Gasteiger partial charge in [-0.25, -0.2) is 4.79 Å². The van der Waals surface area contributed by atoms with Crippen LogP contribution in [-0.2, 0) is 20.9 Å². The zero-order valence-electron chi connectivity index (χ0n) is 21.1. The van der Waals surface area contributed by atoms with E-state index in [1.54, 1.807) is 20.8 Å². The lowest BCUT2D eigenvalue weighted by Crippen LogP contribution is -2.52. The second-order valence-electron chi connectivity index (χ2n) is 9.61. The van der Waals surface area contributed by atoms with Crippen LogP contribution in [-0.4, -0.2) is 59.6 Å². The van der Waals surface area contributed by atoms with Gasteiger partial charge in [-0.15, -0.1) is 0 Å². The molecule has 0 aromatic heterocycles. The van der Waals surface area contributed by atoms with Gasteiger partial charge in [0, 0.05) is 30.6 Å². The zero-order chi connectivity index (χ0) is 26.7. The van der Waals surface area contributed by atoms with Crippen LogP contribution in [0.5, 0.6) is 0 Å². The topological polar surface area (TPSA) is 163 Å². The van der Waals surface area contributed by atoms with Crippen LogP contribution in [0.4, 0.5) is 4.79 Å². The van der Waals surface area contributed by atoms with E-state index < -0.39 is 36.2 Å². The number of aliphatic hydroxyl groups is 1. The SMILES string of the molecule is CC(C)(C)OC(=O)NCCCCCCNC(=O)c1ccc(C(=O)NC2CCC(=O)NC2=O)c(CO)c1. The number of rotatable bonds is 11. The van der Waals surface area contributed by atoms with Crippen LogP contribution in [0.3, 0.4) is 0 Å². The number of aliphatic hydroxyl groups excluding tert-OH is 1. The number of unbranched alkanes of at least 4 members (excludes halogenated alkanes) is 3. The summed E-state index contributed by atoms with van der Waals surface area (Å²) in [7, 11) is 0. The Morgan fingerprint density at radius 2 is 1.69 bits per heavy atom. The summed E-state index contributed by atoms with van der Waals surface area (Å²) in [5.41, 5.74) is 0.185. The van der Waals surface area contributed by atoms with Crippen LogP contribution >= 0.6 is 0 Å². The molecule has 0 radical (unpaired) electrons. The highest BCUT2D eigenvalue weighted by Crippen LogP contribution is 2.14. The summed E-state index contributed by atoms with van der Waals surface area (Å²) in [6.07, 6.45) is 3.22. The van der Waals surface area contributed by atoms with Crippen molar-refractivity contribution >= 4 is 29.7 Å². The number of hydrogen-bond acceptors (Lipinski definition) is 7. The van der Waals surface area contributed by atoms with E-state index in [2.05, 4.69) is 21.3 Å². The fourth-order valence-corrected chi connectivity index (χ4v) is 3.57. The van der Waals surface area contributed by atoms with Crippen molar-refractivity contribution in [3.63, 3.8) is 0 Å². The lowest BCUT2D eigenvalue weighted by molar-refractivity contribution is -0.134. The summed E-state index contributed by atoms with van der Waals surface area (Å²) in [5.74, 6) is -1.84. The maximum atomic E-state index is 12.6. The van der Waals surface area contributed by atoms with Gasteiger partial charge in [0.1, 0.15) is 11.6 Å². The van der Waals surface area contributed by atoms with E-state index in [1.807, 2.05) is 0 Å². The van der Waals surface area contributed by atoms with Crippen LogP contribution in [0.25, 0.3) is 0 Å². The summed E-state index contributed by atoms with van der Waals surface area (Å²) in [5, 5.41) is 20.0. The fraction of sp³-hybridized carbons (Fsp3) is 0.560. The number of piperidine rings is 1. The molecule has 1 aliphatic rings. The van der Waals surface area contributed by atoms with Gasteiger partial charge < -0.3 is 25.8 Å². The highest BCUT2D eigenvalue weighted by molar-refractivity contribution is 6.04. The van der Waals surface area contributed by atoms with Gasteiger partial charge in [0.2, 0.25) is 11.8 Å². The predicted octanol–water partition coefficient (Wildman–Crippen LogP) is 1.53. The third-order valence-electron chi connectivity index (χ3n) is 5.38. The normalized spacial score (nSPS) is 15.6. The Kier molecular flexibility index (Phi) is 10.8. The number of ether oxygens (including phenoxy) is 1. The summed E-state index contributed by atoms with van der Waals surface area (Å²) in [6, 6.07) is 3.52. The lowest BCUT2D eigenvalue weighted by atomic mass is 10.0. The van der Waals surface area contributed by atoms with E-state index in [-0.39, 0.29) is 35.8 Å². The molecule has 11 nitrogen and oxygen atoms in total. The molecule has 1 aliphatic heterocycles. The summed E-state index contributed by atoms with van der Waals surface area (Å²) in [6.45, 7) is 5.94. The number of imide groups is 1. The van der Waals surface area contributed by atoms with Crippen LogP contribution in [0.2, 0.25) is 0 Å². The number of benzene rings is 1. The smallest absolute Gasteiger partial charge is 0.407 e. The number of amides is 5. The van der Waals surface area contributed by atoms with Crippen LogP contribution in [0, 0.1) is 0 Å². The number of carbonyl (C=O) groups is 5. The maximum Gasteiger partial charge on any atom is 0.407 e. The first-order valence-electron chi connectivity index (χ1n) is 12.1. The molecule has 1 unspecified atom stereocenters. The highest BCUT2D eigenvalue weighted by atomic mass is 16.6. The largest absolute Gasteiger partial charge is 0.444 e. The van der Waals surface area contributed by atoms with Crippen molar-refractivity contribution in [3.8, 4) is 0 Å². The minimum absolute atomic E-state index is 0.131. The molecule has 198 valence electrons. The first-order valence-corrected chi connectivity index (χ1v) is 12.1. The molecule has 0 spiro atoms. The summed E-state index contributed by atoms with van der Waals surface area (Å²) >= 11 is 0. The van der Waals surface area contributed by atoms with Crippen molar-refractivity contribution in [3.05, 3.63) is 34.9 Å². The molecule has 1 heterocycles. The van der Waals surface area contributed by atoms with Gasteiger partial charge in [0.15, 0.2) is 0 Å². The van der Waals surface area contributed by atoms with E-state index in [1.165, 1.54) is 18.2 Å². The molecule has 1 atom stereocenters. The van der Waals surface area contributed by atoms with Crippen molar-refractivity contribution in [2.45, 2.75) is 77.5 Å². The van der Waals surface area contributed by atoms with Gasteiger partial charge in [-0.05, 0) is 63.8 Å². The van der Waals surface area contributed by atoms with Gasteiger partial charge >= 0.3 is 6.09 Å². The molecule has 5 N–H and O–H groups in total. The van der Waals surface area contributed by atoms with Gasteiger partial charge in [0.25, 0.3) is 11.8 Å². The van der Waals surface area contributed by atoms with E-state index in [0.717, 1.165) is 25.7 Å². The first-order chi connectivity index (χ1) is 17.0. The molecule has 1 aromatic rings. The second kappa shape index (κ2) is 13.6. The standard InChI is InChI=1S/C25H36N4O7/c1-25(2,3)36-24(35)27-13-7-5-4-6-12-26-21(32)16-8-9-18(17(14-16)15-30)22(33)28-19-10-11-20(31)29-23(19)34/h8-9,14,19,30H,4-7,10-13,15H2,1-3H3,(H,26,32)(H,27,35)(H,28,33)(H,29,31,34). The van der Waals surface area contributed by atoms with Gasteiger partial charge in [-0.3, -0.25) is 24.5 Å². The minimum atomic E-state index is -0.835. The Morgan fingerprint density at radius 3 is 2.31 bits per heavy atom. The molecule has 36 heavy (non-hydrogen) atoms.